The van der Waals surface area contributed by atoms with Crippen molar-refractivity contribution in [1.82, 2.24) is 0 Å². The van der Waals surface area contributed by atoms with Crippen LogP contribution in [0.4, 0.5) is 0 Å². The van der Waals surface area contributed by atoms with Gasteiger partial charge in [0.1, 0.15) is 23.0 Å². The van der Waals surface area contributed by atoms with E-state index in [4.69, 9.17) is 18.9 Å². The quantitative estimate of drug-likeness (QED) is 0.910. The molecule has 0 amide bonds. The van der Waals surface area contributed by atoms with Crippen LogP contribution in [0.2, 0.25) is 0 Å². The fourth-order valence-electron chi connectivity index (χ4n) is 2.34. The zero-order valence-electron chi connectivity index (χ0n) is 12.0. The summed E-state index contributed by atoms with van der Waals surface area (Å²) in [7, 11) is 6.30. The third-order valence-electron chi connectivity index (χ3n) is 3.23. The molecule has 0 aliphatic carbocycles. The van der Waals surface area contributed by atoms with Crippen molar-refractivity contribution in [2.75, 3.05) is 28.4 Å². The van der Waals surface area contributed by atoms with Crippen molar-refractivity contribution in [3.05, 3.63) is 23.8 Å². The Morgan fingerprint density at radius 1 is 0.800 bits per heavy atom. The van der Waals surface area contributed by atoms with Crippen LogP contribution in [-0.2, 0) is 6.61 Å². The van der Waals surface area contributed by atoms with E-state index >= 15 is 0 Å². The third kappa shape index (κ3) is 2.10. The minimum absolute atomic E-state index is 0.157. The van der Waals surface area contributed by atoms with Crippen molar-refractivity contribution >= 4 is 10.8 Å². The first-order valence-corrected chi connectivity index (χ1v) is 6.11. The SMILES string of the molecule is COc1ccc(OC)c2c(OC)c(CO)cc(OC)c12. The van der Waals surface area contributed by atoms with Crippen molar-refractivity contribution in [2.24, 2.45) is 0 Å². The summed E-state index contributed by atoms with van der Waals surface area (Å²) in [4.78, 5) is 0. The van der Waals surface area contributed by atoms with E-state index in [1.807, 2.05) is 6.07 Å². The molecule has 0 spiro atoms. The Labute approximate surface area is 117 Å². The van der Waals surface area contributed by atoms with Crippen molar-refractivity contribution < 1.29 is 24.1 Å². The number of ether oxygens (including phenoxy) is 4. The zero-order chi connectivity index (χ0) is 14.7. The summed E-state index contributed by atoms with van der Waals surface area (Å²) < 4.78 is 21.6. The van der Waals surface area contributed by atoms with Gasteiger partial charge >= 0.3 is 0 Å². The first-order valence-electron chi connectivity index (χ1n) is 6.11. The second-order valence-electron chi connectivity index (χ2n) is 4.15. The number of aliphatic hydroxyl groups excluding tert-OH is 1. The summed E-state index contributed by atoms with van der Waals surface area (Å²) >= 11 is 0. The zero-order valence-corrected chi connectivity index (χ0v) is 12.0. The predicted octanol–water partition coefficient (Wildman–Crippen LogP) is 2.37. The van der Waals surface area contributed by atoms with Gasteiger partial charge in [0.2, 0.25) is 0 Å². The number of rotatable bonds is 5. The van der Waals surface area contributed by atoms with E-state index in [9.17, 15) is 5.11 Å². The Morgan fingerprint density at radius 2 is 1.35 bits per heavy atom. The lowest BCUT2D eigenvalue weighted by molar-refractivity contribution is 0.273. The summed E-state index contributed by atoms with van der Waals surface area (Å²) in [6.07, 6.45) is 0. The Kier molecular flexibility index (Phi) is 4.20. The molecule has 5 nitrogen and oxygen atoms in total. The topological polar surface area (TPSA) is 57.2 Å². The molecular weight excluding hydrogens is 260 g/mol. The largest absolute Gasteiger partial charge is 0.496 e. The van der Waals surface area contributed by atoms with E-state index < -0.39 is 0 Å². The minimum atomic E-state index is -0.157. The van der Waals surface area contributed by atoms with Gasteiger partial charge in [-0.3, -0.25) is 0 Å². The van der Waals surface area contributed by atoms with Gasteiger partial charge in [0.15, 0.2) is 0 Å². The van der Waals surface area contributed by atoms with Crippen LogP contribution in [0.15, 0.2) is 18.2 Å². The predicted molar refractivity (Wildman–Crippen MR) is 76.1 cm³/mol. The highest BCUT2D eigenvalue weighted by Gasteiger charge is 2.20. The van der Waals surface area contributed by atoms with E-state index in [1.165, 1.54) is 0 Å². The van der Waals surface area contributed by atoms with Gasteiger partial charge in [0.05, 0.1) is 45.8 Å². The minimum Gasteiger partial charge on any atom is -0.496 e. The molecule has 0 bridgehead atoms. The van der Waals surface area contributed by atoms with Crippen LogP contribution in [0.25, 0.3) is 10.8 Å². The number of methoxy groups -OCH3 is 4. The second-order valence-corrected chi connectivity index (χ2v) is 4.15. The van der Waals surface area contributed by atoms with Crippen LogP contribution in [0, 0.1) is 0 Å². The summed E-state index contributed by atoms with van der Waals surface area (Å²) in [5.74, 6) is 2.44. The Morgan fingerprint density at radius 3 is 1.80 bits per heavy atom. The summed E-state index contributed by atoms with van der Waals surface area (Å²) in [6, 6.07) is 5.34. The van der Waals surface area contributed by atoms with Crippen molar-refractivity contribution in [3.8, 4) is 23.0 Å². The number of fused-ring (bicyclic) bond motifs is 1. The first-order chi connectivity index (χ1) is 9.71. The lowest BCUT2D eigenvalue weighted by Crippen LogP contribution is -1.99. The summed E-state index contributed by atoms with van der Waals surface area (Å²) in [6.45, 7) is -0.157. The number of aliphatic hydroxyl groups is 1. The van der Waals surface area contributed by atoms with Crippen LogP contribution < -0.4 is 18.9 Å². The molecule has 0 aromatic heterocycles. The number of hydrogen-bond donors (Lipinski definition) is 1. The second kappa shape index (κ2) is 5.88. The van der Waals surface area contributed by atoms with Crippen LogP contribution in [0.3, 0.4) is 0 Å². The highest BCUT2D eigenvalue weighted by molar-refractivity contribution is 6.03. The summed E-state index contributed by atoms with van der Waals surface area (Å²) in [5, 5.41) is 11.0. The van der Waals surface area contributed by atoms with Gasteiger partial charge in [-0.25, -0.2) is 0 Å². The molecule has 0 atom stereocenters. The van der Waals surface area contributed by atoms with Crippen molar-refractivity contribution in [3.63, 3.8) is 0 Å². The fourth-order valence-corrected chi connectivity index (χ4v) is 2.34. The van der Waals surface area contributed by atoms with E-state index in [0.717, 1.165) is 10.8 Å². The lowest BCUT2D eigenvalue weighted by atomic mass is 10.0. The molecule has 20 heavy (non-hydrogen) atoms. The molecule has 0 fully saturated rings. The van der Waals surface area contributed by atoms with E-state index in [2.05, 4.69) is 0 Å². The maximum atomic E-state index is 9.51. The molecule has 0 unspecified atom stereocenters. The van der Waals surface area contributed by atoms with Gasteiger partial charge in [-0.1, -0.05) is 0 Å². The van der Waals surface area contributed by atoms with Crippen LogP contribution >= 0.6 is 0 Å². The average Bonchev–Trinajstić information content (AvgIpc) is 2.51. The van der Waals surface area contributed by atoms with Gasteiger partial charge < -0.3 is 24.1 Å². The van der Waals surface area contributed by atoms with Crippen molar-refractivity contribution in [2.45, 2.75) is 6.61 Å². The van der Waals surface area contributed by atoms with Crippen LogP contribution in [0.5, 0.6) is 23.0 Å². The van der Waals surface area contributed by atoms with E-state index in [1.54, 1.807) is 40.6 Å². The molecular formula is C15H18O5. The van der Waals surface area contributed by atoms with E-state index in [-0.39, 0.29) is 6.61 Å². The maximum Gasteiger partial charge on any atom is 0.136 e. The Bertz CT molecular complexity index is 621. The van der Waals surface area contributed by atoms with Gasteiger partial charge in [-0.15, -0.1) is 0 Å². The molecule has 0 radical (unpaired) electrons. The monoisotopic (exact) mass is 278 g/mol. The Balaban J connectivity index is 2.99. The standard InChI is InChI=1S/C15H18O5/c1-17-10-5-6-11(18-2)14-13(10)12(19-3)7-9(8-16)15(14)20-4/h5-7,16H,8H2,1-4H3. The smallest absolute Gasteiger partial charge is 0.136 e. The van der Waals surface area contributed by atoms with Crippen LogP contribution in [-0.4, -0.2) is 33.5 Å². The van der Waals surface area contributed by atoms with Gasteiger partial charge in [-0.2, -0.15) is 0 Å². The molecule has 2 aromatic carbocycles. The molecule has 2 aromatic rings. The van der Waals surface area contributed by atoms with Gasteiger partial charge in [0, 0.05) is 5.56 Å². The molecule has 108 valence electrons. The number of hydrogen-bond acceptors (Lipinski definition) is 5. The normalized spacial score (nSPS) is 10.4. The van der Waals surface area contributed by atoms with Gasteiger partial charge in [-0.05, 0) is 18.2 Å². The molecule has 0 saturated carbocycles. The summed E-state index contributed by atoms with van der Waals surface area (Å²) in [5.41, 5.74) is 0.628. The van der Waals surface area contributed by atoms with E-state index in [0.29, 0.717) is 28.6 Å². The highest BCUT2D eigenvalue weighted by Crippen LogP contribution is 2.46. The molecule has 2 rings (SSSR count). The average molecular weight is 278 g/mol. The number of benzene rings is 2. The Hall–Kier alpha value is -2.14. The van der Waals surface area contributed by atoms with Crippen molar-refractivity contribution in [1.29, 1.82) is 0 Å². The van der Waals surface area contributed by atoms with Crippen LogP contribution in [0.1, 0.15) is 5.56 Å². The molecule has 5 heteroatoms. The molecule has 1 N–H and O–H groups in total. The highest BCUT2D eigenvalue weighted by atomic mass is 16.5. The lowest BCUT2D eigenvalue weighted by Gasteiger charge is -2.18. The maximum absolute atomic E-state index is 9.51. The molecule has 0 heterocycles. The fraction of sp³-hybridized carbons (Fsp3) is 0.333. The third-order valence-corrected chi connectivity index (χ3v) is 3.23. The molecule has 0 aliphatic rings. The molecule has 0 aliphatic heterocycles. The molecule has 0 saturated heterocycles. The van der Waals surface area contributed by atoms with Gasteiger partial charge in [0.25, 0.3) is 0 Å². The first kappa shape index (κ1) is 14.3.